The zero-order valence-corrected chi connectivity index (χ0v) is 9.26. The summed E-state index contributed by atoms with van der Waals surface area (Å²) in [4.78, 5) is 20.8. The normalized spacial score (nSPS) is 18.6. The summed E-state index contributed by atoms with van der Waals surface area (Å²) in [6.45, 7) is 2.08. The van der Waals surface area contributed by atoms with Crippen molar-refractivity contribution < 1.29 is 9.90 Å². The van der Waals surface area contributed by atoms with E-state index in [1.54, 1.807) is 0 Å². The van der Waals surface area contributed by atoms with E-state index in [9.17, 15) is 4.79 Å². The van der Waals surface area contributed by atoms with E-state index in [0.29, 0.717) is 5.92 Å². The number of carboxylic acid groups (broad SMARTS) is 1. The Bertz CT molecular complexity index is 387. The Morgan fingerprint density at radius 3 is 2.81 bits per heavy atom. The van der Waals surface area contributed by atoms with Gasteiger partial charge in [-0.25, -0.2) is 14.8 Å². The molecule has 0 bridgehead atoms. The second-order valence-corrected chi connectivity index (χ2v) is 4.19. The van der Waals surface area contributed by atoms with Crippen molar-refractivity contribution in [2.45, 2.75) is 18.8 Å². The fourth-order valence-electron chi connectivity index (χ4n) is 2.01. The number of carboxylic acids is 1. The summed E-state index contributed by atoms with van der Waals surface area (Å²) < 4.78 is 0. The van der Waals surface area contributed by atoms with Gasteiger partial charge in [0.05, 0.1) is 0 Å². The molecule has 0 unspecified atom stereocenters. The van der Waals surface area contributed by atoms with Crippen LogP contribution in [0.4, 0.5) is 0 Å². The molecule has 2 heterocycles. The first-order chi connectivity index (χ1) is 7.66. The van der Waals surface area contributed by atoms with E-state index in [1.807, 2.05) is 6.07 Å². The molecule has 5 nitrogen and oxygen atoms in total. The fraction of sp³-hybridized carbons (Fsp3) is 0.545. The Labute approximate surface area is 94.1 Å². The van der Waals surface area contributed by atoms with Gasteiger partial charge in [0.1, 0.15) is 0 Å². The number of nitrogens with zero attached hydrogens (tertiary/aromatic N) is 3. The summed E-state index contributed by atoms with van der Waals surface area (Å²) in [5, 5.41) is 8.82. The molecule has 86 valence electrons. The molecule has 1 aromatic heterocycles. The summed E-state index contributed by atoms with van der Waals surface area (Å²) in [6.07, 6.45) is 3.60. The number of hydrogen-bond donors (Lipinski definition) is 1. The summed E-state index contributed by atoms with van der Waals surface area (Å²) >= 11 is 0. The molecular formula is C11H15N3O2. The van der Waals surface area contributed by atoms with Gasteiger partial charge in [-0.05, 0) is 39.0 Å². The predicted octanol–water partition coefficient (Wildman–Crippen LogP) is 0.984. The maximum absolute atomic E-state index is 10.8. The molecule has 1 fully saturated rings. The van der Waals surface area contributed by atoms with E-state index in [4.69, 9.17) is 5.11 Å². The molecule has 1 aliphatic rings. The maximum Gasteiger partial charge on any atom is 0.373 e. The molecule has 1 aromatic rings. The quantitative estimate of drug-likeness (QED) is 0.806. The van der Waals surface area contributed by atoms with E-state index < -0.39 is 5.97 Å². The number of piperidine rings is 1. The number of aromatic nitrogens is 2. The zero-order valence-electron chi connectivity index (χ0n) is 9.26. The van der Waals surface area contributed by atoms with Gasteiger partial charge in [-0.1, -0.05) is 0 Å². The Balaban J connectivity index is 2.14. The van der Waals surface area contributed by atoms with Crippen molar-refractivity contribution in [3.05, 3.63) is 23.8 Å². The molecule has 5 heteroatoms. The second-order valence-electron chi connectivity index (χ2n) is 4.19. The fourth-order valence-corrected chi connectivity index (χ4v) is 2.01. The van der Waals surface area contributed by atoms with Crippen LogP contribution in [-0.4, -0.2) is 46.1 Å². The van der Waals surface area contributed by atoms with Crippen molar-refractivity contribution in [2.75, 3.05) is 20.1 Å². The minimum Gasteiger partial charge on any atom is -0.475 e. The predicted molar refractivity (Wildman–Crippen MR) is 58.5 cm³/mol. The topological polar surface area (TPSA) is 66.3 Å². The number of likely N-dealkylation sites (tertiary alicyclic amines) is 1. The number of carbonyl (C=O) groups is 1. The lowest BCUT2D eigenvalue weighted by atomic mass is 9.93. The average Bonchev–Trinajstić information content (AvgIpc) is 2.30. The monoisotopic (exact) mass is 221 g/mol. The number of hydrogen-bond acceptors (Lipinski definition) is 4. The van der Waals surface area contributed by atoms with Crippen molar-refractivity contribution in [1.29, 1.82) is 0 Å². The van der Waals surface area contributed by atoms with Gasteiger partial charge in [-0.3, -0.25) is 0 Å². The molecule has 0 amide bonds. The number of rotatable bonds is 2. The first-order valence-corrected chi connectivity index (χ1v) is 5.41. The Morgan fingerprint density at radius 1 is 1.50 bits per heavy atom. The lowest BCUT2D eigenvalue weighted by Crippen LogP contribution is -2.29. The van der Waals surface area contributed by atoms with Gasteiger partial charge in [0.2, 0.25) is 5.82 Å². The van der Waals surface area contributed by atoms with Crippen LogP contribution in [0.15, 0.2) is 12.3 Å². The van der Waals surface area contributed by atoms with Crippen molar-refractivity contribution in [2.24, 2.45) is 0 Å². The highest BCUT2D eigenvalue weighted by Crippen LogP contribution is 2.25. The smallest absolute Gasteiger partial charge is 0.373 e. The molecule has 0 radical (unpaired) electrons. The van der Waals surface area contributed by atoms with Crippen molar-refractivity contribution in [3.8, 4) is 0 Å². The van der Waals surface area contributed by atoms with E-state index in [0.717, 1.165) is 31.6 Å². The van der Waals surface area contributed by atoms with Crippen LogP contribution in [0, 0.1) is 0 Å². The largest absolute Gasteiger partial charge is 0.475 e. The van der Waals surface area contributed by atoms with Crippen molar-refractivity contribution in [3.63, 3.8) is 0 Å². The van der Waals surface area contributed by atoms with Gasteiger partial charge in [0.25, 0.3) is 0 Å². The molecule has 0 saturated carbocycles. The Hall–Kier alpha value is -1.49. The average molecular weight is 221 g/mol. The molecular weight excluding hydrogens is 206 g/mol. The Morgan fingerprint density at radius 2 is 2.19 bits per heavy atom. The van der Waals surface area contributed by atoms with Gasteiger partial charge in [0, 0.05) is 17.8 Å². The first-order valence-electron chi connectivity index (χ1n) is 5.41. The summed E-state index contributed by atoms with van der Waals surface area (Å²) in [7, 11) is 2.10. The molecule has 2 rings (SSSR count). The molecule has 0 aromatic carbocycles. The van der Waals surface area contributed by atoms with Crippen molar-refractivity contribution in [1.82, 2.24) is 14.9 Å². The molecule has 1 N–H and O–H groups in total. The van der Waals surface area contributed by atoms with Gasteiger partial charge in [-0.2, -0.15) is 0 Å². The Kier molecular flexibility index (Phi) is 3.14. The lowest BCUT2D eigenvalue weighted by Gasteiger charge is -2.28. The van der Waals surface area contributed by atoms with E-state index in [-0.39, 0.29) is 5.82 Å². The minimum absolute atomic E-state index is 0.101. The first kappa shape index (κ1) is 11.0. The summed E-state index contributed by atoms with van der Waals surface area (Å²) in [6, 6.07) is 1.82. The van der Waals surface area contributed by atoms with Crippen LogP contribution < -0.4 is 0 Å². The molecule has 16 heavy (non-hydrogen) atoms. The van der Waals surface area contributed by atoms with Gasteiger partial charge < -0.3 is 10.0 Å². The lowest BCUT2D eigenvalue weighted by molar-refractivity contribution is 0.0683. The highest BCUT2D eigenvalue weighted by atomic mass is 16.4. The molecule has 1 saturated heterocycles. The third kappa shape index (κ3) is 2.36. The second kappa shape index (κ2) is 4.57. The van der Waals surface area contributed by atoms with Gasteiger partial charge in [-0.15, -0.1) is 0 Å². The van der Waals surface area contributed by atoms with Crippen LogP contribution in [0.5, 0.6) is 0 Å². The van der Waals surface area contributed by atoms with Crippen LogP contribution in [-0.2, 0) is 0 Å². The van der Waals surface area contributed by atoms with Crippen LogP contribution >= 0.6 is 0 Å². The van der Waals surface area contributed by atoms with Crippen LogP contribution in [0.25, 0.3) is 0 Å². The molecule has 1 aliphatic heterocycles. The van der Waals surface area contributed by atoms with Gasteiger partial charge in [0.15, 0.2) is 0 Å². The highest BCUT2D eigenvalue weighted by Gasteiger charge is 2.20. The maximum atomic E-state index is 10.8. The molecule has 0 atom stereocenters. The van der Waals surface area contributed by atoms with E-state index >= 15 is 0 Å². The standard InChI is InChI=1S/C11H15N3O2/c1-14-6-3-8(4-7-14)9-2-5-12-10(13-9)11(15)16/h2,5,8H,3-4,6-7H2,1H3,(H,15,16). The van der Waals surface area contributed by atoms with Gasteiger partial charge >= 0.3 is 5.97 Å². The molecule has 0 aliphatic carbocycles. The zero-order chi connectivity index (χ0) is 11.5. The SMILES string of the molecule is CN1CCC(c2ccnc(C(=O)O)n2)CC1. The van der Waals surface area contributed by atoms with E-state index in [1.165, 1.54) is 6.20 Å². The van der Waals surface area contributed by atoms with E-state index in [2.05, 4.69) is 21.9 Å². The van der Waals surface area contributed by atoms with Crippen LogP contribution in [0.1, 0.15) is 35.1 Å². The molecule has 0 spiro atoms. The summed E-state index contributed by atoms with van der Waals surface area (Å²) in [5.41, 5.74) is 0.862. The van der Waals surface area contributed by atoms with Crippen LogP contribution in [0.2, 0.25) is 0 Å². The third-order valence-corrected chi connectivity index (χ3v) is 3.01. The minimum atomic E-state index is -1.06. The third-order valence-electron chi connectivity index (χ3n) is 3.01. The van der Waals surface area contributed by atoms with Crippen molar-refractivity contribution >= 4 is 5.97 Å². The summed E-state index contributed by atoms with van der Waals surface area (Å²) in [5.74, 6) is -0.788. The van der Waals surface area contributed by atoms with Crippen LogP contribution in [0.3, 0.4) is 0 Å². The number of aromatic carboxylic acids is 1. The highest BCUT2D eigenvalue weighted by molar-refractivity contribution is 5.82.